The summed E-state index contributed by atoms with van der Waals surface area (Å²) < 4.78 is 24.6. The van der Waals surface area contributed by atoms with Gasteiger partial charge < -0.3 is 14.8 Å². The van der Waals surface area contributed by atoms with E-state index in [4.69, 9.17) is 9.47 Å². The van der Waals surface area contributed by atoms with Crippen LogP contribution < -0.4 is 10.1 Å². The molecule has 1 saturated heterocycles. The molecule has 166 valence electrons. The van der Waals surface area contributed by atoms with Crippen LogP contribution in [-0.4, -0.2) is 32.3 Å². The van der Waals surface area contributed by atoms with Gasteiger partial charge in [-0.1, -0.05) is 54.6 Å². The number of ether oxygens (including phenoxy) is 2. The van der Waals surface area contributed by atoms with Crippen molar-refractivity contribution in [1.82, 2.24) is 5.32 Å². The number of hydrogen-bond donors (Lipinski definition) is 1. The van der Waals surface area contributed by atoms with E-state index in [-0.39, 0.29) is 11.7 Å². The average molecular weight is 434 g/mol. The second kappa shape index (κ2) is 10.4. The number of benzene rings is 3. The SMILES string of the molecule is O=C(NCCOc1ccccc1)C1(Cc2cccc(-c3ccc(F)cc3)c2)CCOCC1. The van der Waals surface area contributed by atoms with Crippen LogP contribution in [-0.2, 0) is 16.0 Å². The molecule has 5 heteroatoms. The summed E-state index contributed by atoms with van der Waals surface area (Å²) in [5.41, 5.74) is 2.55. The molecule has 4 nitrogen and oxygen atoms in total. The Balaban J connectivity index is 1.43. The average Bonchev–Trinajstić information content (AvgIpc) is 2.83. The summed E-state index contributed by atoms with van der Waals surface area (Å²) in [5, 5.41) is 3.08. The maximum atomic E-state index is 13.3. The van der Waals surface area contributed by atoms with Gasteiger partial charge in [0.15, 0.2) is 0 Å². The predicted molar refractivity (Wildman–Crippen MR) is 123 cm³/mol. The fraction of sp³-hybridized carbons (Fsp3) is 0.296. The minimum atomic E-state index is -0.508. The number of nitrogens with one attached hydrogen (secondary N) is 1. The van der Waals surface area contributed by atoms with Gasteiger partial charge in [0.25, 0.3) is 0 Å². The van der Waals surface area contributed by atoms with Crippen molar-refractivity contribution in [2.75, 3.05) is 26.4 Å². The lowest BCUT2D eigenvalue weighted by Crippen LogP contribution is -2.47. The lowest BCUT2D eigenvalue weighted by atomic mass is 9.74. The molecule has 3 aromatic carbocycles. The standard InChI is InChI=1S/C27H28FNO3/c28-24-11-9-22(10-12-24)23-6-4-5-21(19-23)20-27(13-16-31-17-14-27)26(30)29-15-18-32-25-7-2-1-3-8-25/h1-12,19H,13-18,20H2,(H,29,30). The van der Waals surface area contributed by atoms with Crippen molar-refractivity contribution in [1.29, 1.82) is 0 Å². The maximum absolute atomic E-state index is 13.3. The highest BCUT2D eigenvalue weighted by molar-refractivity contribution is 5.83. The molecular weight excluding hydrogens is 405 g/mol. The first-order chi connectivity index (χ1) is 15.6. The van der Waals surface area contributed by atoms with Gasteiger partial charge >= 0.3 is 0 Å². The summed E-state index contributed by atoms with van der Waals surface area (Å²) in [6, 6.07) is 24.2. The molecule has 0 bridgehead atoms. The molecular formula is C27H28FNO3. The molecule has 1 aliphatic heterocycles. The largest absolute Gasteiger partial charge is 0.492 e. The van der Waals surface area contributed by atoms with Crippen molar-refractivity contribution < 1.29 is 18.7 Å². The van der Waals surface area contributed by atoms with Crippen molar-refractivity contribution in [2.24, 2.45) is 5.41 Å². The highest BCUT2D eigenvalue weighted by atomic mass is 19.1. The molecule has 3 aromatic rings. The zero-order valence-corrected chi connectivity index (χ0v) is 18.1. The minimum absolute atomic E-state index is 0.0460. The topological polar surface area (TPSA) is 47.6 Å². The van der Waals surface area contributed by atoms with Gasteiger partial charge in [0.1, 0.15) is 18.2 Å². The Labute approximate surface area is 188 Å². The summed E-state index contributed by atoms with van der Waals surface area (Å²) in [7, 11) is 0. The number of carbonyl (C=O) groups excluding carboxylic acids is 1. The molecule has 0 aliphatic carbocycles. The van der Waals surface area contributed by atoms with E-state index in [9.17, 15) is 9.18 Å². The summed E-state index contributed by atoms with van der Waals surface area (Å²) in [6.45, 7) is 2.02. The molecule has 0 atom stereocenters. The quantitative estimate of drug-likeness (QED) is 0.507. The van der Waals surface area contributed by atoms with E-state index >= 15 is 0 Å². The lowest BCUT2D eigenvalue weighted by Gasteiger charge is -2.36. The van der Waals surface area contributed by atoms with Crippen molar-refractivity contribution in [3.63, 3.8) is 0 Å². The molecule has 1 aliphatic rings. The van der Waals surface area contributed by atoms with Gasteiger partial charge in [-0.15, -0.1) is 0 Å². The zero-order chi connectivity index (χ0) is 22.2. The van der Waals surface area contributed by atoms with Crippen LogP contribution in [0.15, 0.2) is 78.9 Å². The lowest BCUT2D eigenvalue weighted by molar-refractivity contribution is -0.136. The first-order valence-electron chi connectivity index (χ1n) is 11.0. The molecule has 1 amide bonds. The molecule has 1 N–H and O–H groups in total. The highest BCUT2D eigenvalue weighted by Gasteiger charge is 2.40. The van der Waals surface area contributed by atoms with E-state index in [1.165, 1.54) is 12.1 Å². The molecule has 4 rings (SSSR count). The molecule has 0 radical (unpaired) electrons. The van der Waals surface area contributed by atoms with Crippen LogP contribution in [0.25, 0.3) is 11.1 Å². The number of hydrogen-bond acceptors (Lipinski definition) is 3. The van der Waals surface area contributed by atoms with Gasteiger partial charge in [-0.2, -0.15) is 0 Å². The van der Waals surface area contributed by atoms with Gasteiger partial charge in [-0.25, -0.2) is 4.39 Å². The molecule has 0 saturated carbocycles. The van der Waals surface area contributed by atoms with Crippen LogP contribution in [0, 0.1) is 11.2 Å². The Morgan fingerprint density at radius 3 is 2.44 bits per heavy atom. The second-order valence-electron chi connectivity index (χ2n) is 8.19. The van der Waals surface area contributed by atoms with Crippen LogP contribution in [0.4, 0.5) is 4.39 Å². The molecule has 0 spiro atoms. The molecule has 1 heterocycles. The van der Waals surface area contributed by atoms with E-state index in [1.807, 2.05) is 42.5 Å². The number of rotatable bonds is 8. The number of amides is 1. The first-order valence-corrected chi connectivity index (χ1v) is 11.0. The third-order valence-corrected chi connectivity index (χ3v) is 5.98. The molecule has 32 heavy (non-hydrogen) atoms. The minimum Gasteiger partial charge on any atom is -0.492 e. The number of carbonyl (C=O) groups is 1. The number of halogens is 1. The zero-order valence-electron chi connectivity index (χ0n) is 18.1. The Morgan fingerprint density at radius 1 is 0.938 bits per heavy atom. The van der Waals surface area contributed by atoms with Gasteiger partial charge in [0.2, 0.25) is 5.91 Å². The summed E-state index contributed by atoms with van der Waals surface area (Å²) in [5.74, 6) is 0.587. The Hall–Kier alpha value is -3.18. The van der Waals surface area contributed by atoms with E-state index in [2.05, 4.69) is 17.4 Å². The van der Waals surface area contributed by atoms with Crippen molar-refractivity contribution in [3.05, 3.63) is 90.2 Å². The Morgan fingerprint density at radius 2 is 1.69 bits per heavy atom. The normalized spacial score (nSPS) is 15.2. The summed E-state index contributed by atoms with van der Waals surface area (Å²) in [6.07, 6.45) is 2.00. The monoisotopic (exact) mass is 433 g/mol. The summed E-state index contributed by atoms with van der Waals surface area (Å²) in [4.78, 5) is 13.3. The smallest absolute Gasteiger partial charge is 0.226 e. The fourth-order valence-electron chi connectivity index (χ4n) is 4.18. The highest BCUT2D eigenvalue weighted by Crippen LogP contribution is 2.35. The van der Waals surface area contributed by atoms with Crippen molar-refractivity contribution in [2.45, 2.75) is 19.3 Å². The van der Waals surface area contributed by atoms with E-state index in [0.717, 1.165) is 22.4 Å². The van der Waals surface area contributed by atoms with Crippen LogP contribution in [0.3, 0.4) is 0 Å². The van der Waals surface area contributed by atoms with E-state index in [0.29, 0.717) is 45.6 Å². The van der Waals surface area contributed by atoms with Crippen LogP contribution in [0.5, 0.6) is 5.75 Å². The number of para-hydroxylation sites is 1. The molecule has 0 unspecified atom stereocenters. The molecule has 0 aromatic heterocycles. The third kappa shape index (κ3) is 5.54. The maximum Gasteiger partial charge on any atom is 0.226 e. The molecule has 1 fully saturated rings. The second-order valence-corrected chi connectivity index (χ2v) is 8.19. The Kier molecular flexibility index (Phi) is 7.17. The van der Waals surface area contributed by atoms with Crippen molar-refractivity contribution in [3.8, 4) is 16.9 Å². The van der Waals surface area contributed by atoms with Crippen LogP contribution in [0.1, 0.15) is 18.4 Å². The van der Waals surface area contributed by atoms with Gasteiger partial charge in [-0.3, -0.25) is 4.79 Å². The van der Waals surface area contributed by atoms with Crippen molar-refractivity contribution >= 4 is 5.91 Å². The van der Waals surface area contributed by atoms with E-state index in [1.54, 1.807) is 12.1 Å². The van der Waals surface area contributed by atoms with Gasteiger partial charge in [-0.05, 0) is 60.2 Å². The summed E-state index contributed by atoms with van der Waals surface area (Å²) >= 11 is 0. The fourth-order valence-corrected chi connectivity index (χ4v) is 4.18. The van der Waals surface area contributed by atoms with E-state index < -0.39 is 5.41 Å². The third-order valence-electron chi connectivity index (χ3n) is 5.98. The van der Waals surface area contributed by atoms with Crippen LogP contribution >= 0.6 is 0 Å². The van der Waals surface area contributed by atoms with Gasteiger partial charge in [0, 0.05) is 13.2 Å². The van der Waals surface area contributed by atoms with Crippen LogP contribution in [0.2, 0.25) is 0 Å². The van der Waals surface area contributed by atoms with Gasteiger partial charge in [0.05, 0.1) is 12.0 Å². The first kappa shape index (κ1) is 22.0. The predicted octanol–water partition coefficient (Wildman–Crippen LogP) is 5.03. The Bertz CT molecular complexity index is 1010.